The van der Waals surface area contributed by atoms with Gasteiger partial charge < -0.3 is 10.1 Å². The van der Waals surface area contributed by atoms with Crippen molar-refractivity contribution >= 4 is 0 Å². The quantitative estimate of drug-likeness (QED) is 0.842. The fraction of sp³-hybridized carbons (Fsp3) is 0.500. The Hall–Kier alpha value is -1.37. The largest absolute Gasteiger partial charge is 0.377 e. The maximum atomic E-state index is 9.15. The molecule has 2 atom stereocenters. The Kier molecular flexibility index (Phi) is 4.54. The molecule has 1 N–H and O–H groups in total. The molecular formula is C14H18N2O. The highest BCUT2D eigenvalue weighted by Gasteiger charge is 2.16. The van der Waals surface area contributed by atoms with Crippen molar-refractivity contribution < 1.29 is 4.74 Å². The van der Waals surface area contributed by atoms with Crippen molar-refractivity contribution in [2.75, 3.05) is 19.7 Å². The lowest BCUT2D eigenvalue weighted by molar-refractivity contribution is 0.110. The summed E-state index contributed by atoms with van der Waals surface area (Å²) in [5, 5.41) is 12.5. The molecule has 17 heavy (non-hydrogen) atoms. The number of rotatable bonds is 5. The third kappa shape index (κ3) is 3.55. The van der Waals surface area contributed by atoms with Gasteiger partial charge in [0.1, 0.15) is 0 Å². The normalized spacial score (nSPS) is 21.0. The van der Waals surface area contributed by atoms with Gasteiger partial charge in [-0.25, -0.2) is 0 Å². The van der Waals surface area contributed by atoms with E-state index in [1.807, 2.05) is 30.3 Å². The summed E-state index contributed by atoms with van der Waals surface area (Å²) < 4.78 is 5.53. The molecule has 1 aliphatic heterocycles. The molecule has 90 valence electrons. The monoisotopic (exact) mass is 230 g/mol. The summed E-state index contributed by atoms with van der Waals surface area (Å²) >= 11 is 0. The first kappa shape index (κ1) is 12.1. The molecule has 1 heterocycles. The molecule has 2 rings (SSSR count). The van der Waals surface area contributed by atoms with Crippen molar-refractivity contribution in [1.82, 2.24) is 5.32 Å². The van der Waals surface area contributed by atoms with Crippen LogP contribution in [-0.2, 0) is 4.74 Å². The van der Waals surface area contributed by atoms with Gasteiger partial charge in [-0.3, -0.25) is 0 Å². The van der Waals surface area contributed by atoms with Gasteiger partial charge in [0.2, 0.25) is 0 Å². The number of nitrogens with zero attached hydrogens (tertiary/aromatic N) is 1. The zero-order valence-electron chi connectivity index (χ0n) is 9.93. The van der Waals surface area contributed by atoms with Crippen LogP contribution in [0.5, 0.6) is 0 Å². The van der Waals surface area contributed by atoms with Gasteiger partial charge in [0.25, 0.3) is 0 Å². The van der Waals surface area contributed by atoms with E-state index in [0.29, 0.717) is 12.6 Å². The molecule has 3 nitrogen and oxygen atoms in total. The number of hydrogen-bond acceptors (Lipinski definition) is 3. The van der Waals surface area contributed by atoms with E-state index < -0.39 is 0 Å². The van der Waals surface area contributed by atoms with E-state index >= 15 is 0 Å². The lowest BCUT2D eigenvalue weighted by Crippen LogP contribution is -2.29. The first-order chi connectivity index (χ1) is 8.40. The SMILES string of the molecule is N#CC(CNCC1CCCO1)c1ccccc1. The Balaban J connectivity index is 1.78. The fourth-order valence-corrected chi connectivity index (χ4v) is 2.12. The van der Waals surface area contributed by atoms with Crippen LogP contribution in [0.1, 0.15) is 24.3 Å². The van der Waals surface area contributed by atoms with Crippen molar-refractivity contribution in [3.05, 3.63) is 35.9 Å². The summed E-state index contributed by atoms with van der Waals surface area (Å²) in [4.78, 5) is 0. The Morgan fingerprint density at radius 2 is 2.24 bits per heavy atom. The summed E-state index contributed by atoms with van der Waals surface area (Å²) in [6.45, 7) is 2.43. The van der Waals surface area contributed by atoms with Gasteiger partial charge >= 0.3 is 0 Å². The highest BCUT2D eigenvalue weighted by molar-refractivity contribution is 5.24. The zero-order chi connectivity index (χ0) is 11.9. The van der Waals surface area contributed by atoms with Crippen LogP contribution < -0.4 is 5.32 Å². The number of nitrogens with one attached hydrogen (secondary N) is 1. The second-order valence-corrected chi connectivity index (χ2v) is 4.39. The molecule has 1 aromatic carbocycles. The molecule has 1 fully saturated rings. The second kappa shape index (κ2) is 6.39. The van der Waals surface area contributed by atoms with Crippen LogP contribution in [0.3, 0.4) is 0 Å². The standard InChI is InChI=1S/C14H18N2O/c15-9-13(12-5-2-1-3-6-12)10-16-11-14-7-4-8-17-14/h1-3,5-6,13-14,16H,4,7-8,10-11H2. The Labute approximate surface area is 102 Å². The summed E-state index contributed by atoms with van der Waals surface area (Å²) in [5.74, 6) is -0.0717. The van der Waals surface area contributed by atoms with Crippen LogP contribution in [0.25, 0.3) is 0 Å². The van der Waals surface area contributed by atoms with Gasteiger partial charge in [-0.1, -0.05) is 30.3 Å². The number of nitriles is 1. The topological polar surface area (TPSA) is 45.0 Å². The fourth-order valence-electron chi connectivity index (χ4n) is 2.12. The second-order valence-electron chi connectivity index (χ2n) is 4.39. The van der Waals surface area contributed by atoms with E-state index in [1.165, 1.54) is 0 Å². The maximum Gasteiger partial charge on any atom is 0.0837 e. The smallest absolute Gasteiger partial charge is 0.0837 e. The van der Waals surface area contributed by atoms with Crippen molar-refractivity contribution in [2.45, 2.75) is 24.9 Å². The predicted octanol–water partition coefficient (Wildman–Crippen LogP) is 2.06. The third-order valence-corrected chi connectivity index (χ3v) is 3.10. The molecule has 0 amide bonds. The minimum atomic E-state index is -0.0717. The molecule has 3 heteroatoms. The van der Waals surface area contributed by atoms with E-state index in [4.69, 9.17) is 10.00 Å². The van der Waals surface area contributed by atoms with E-state index in [0.717, 1.165) is 31.6 Å². The highest BCUT2D eigenvalue weighted by atomic mass is 16.5. The van der Waals surface area contributed by atoms with Crippen LogP contribution in [0.4, 0.5) is 0 Å². The first-order valence-corrected chi connectivity index (χ1v) is 6.17. The minimum absolute atomic E-state index is 0.0717. The summed E-state index contributed by atoms with van der Waals surface area (Å²) in [7, 11) is 0. The Morgan fingerprint density at radius 1 is 1.41 bits per heavy atom. The summed E-state index contributed by atoms with van der Waals surface area (Å²) in [6, 6.07) is 12.3. The van der Waals surface area contributed by atoms with Crippen molar-refractivity contribution in [3.63, 3.8) is 0 Å². The zero-order valence-corrected chi connectivity index (χ0v) is 9.93. The van der Waals surface area contributed by atoms with Crippen LogP contribution in [0, 0.1) is 11.3 Å². The van der Waals surface area contributed by atoms with Crippen LogP contribution >= 0.6 is 0 Å². The van der Waals surface area contributed by atoms with Crippen LogP contribution in [0.2, 0.25) is 0 Å². The third-order valence-electron chi connectivity index (χ3n) is 3.10. The maximum absolute atomic E-state index is 9.15. The highest BCUT2D eigenvalue weighted by Crippen LogP contribution is 2.14. The van der Waals surface area contributed by atoms with Gasteiger partial charge in [-0.15, -0.1) is 0 Å². The molecule has 0 spiro atoms. The van der Waals surface area contributed by atoms with Crippen LogP contribution in [-0.4, -0.2) is 25.8 Å². The van der Waals surface area contributed by atoms with Crippen molar-refractivity contribution in [3.8, 4) is 6.07 Å². The number of ether oxygens (including phenoxy) is 1. The average Bonchev–Trinajstić information content (AvgIpc) is 2.89. The molecule has 0 radical (unpaired) electrons. The van der Waals surface area contributed by atoms with Crippen molar-refractivity contribution in [2.24, 2.45) is 0 Å². The average molecular weight is 230 g/mol. The van der Waals surface area contributed by atoms with E-state index in [9.17, 15) is 0 Å². The van der Waals surface area contributed by atoms with Gasteiger partial charge in [0, 0.05) is 19.7 Å². The molecule has 1 saturated heterocycles. The molecule has 0 aromatic heterocycles. The van der Waals surface area contributed by atoms with E-state index in [2.05, 4.69) is 11.4 Å². The van der Waals surface area contributed by atoms with Gasteiger partial charge in [0.05, 0.1) is 18.1 Å². The molecule has 1 aromatic rings. The first-order valence-electron chi connectivity index (χ1n) is 6.17. The molecule has 0 aliphatic carbocycles. The van der Waals surface area contributed by atoms with Gasteiger partial charge in [-0.05, 0) is 18.4 Å². The van der Waals surface area contributed by atoms with Gasteiger partial charge in [-0.2, -0.15) is 5.26 Å². The molecule has 1 aliphatic rings. The predicted molar refractivity (Wildman–Crippen MR) is 66.6 cm³/mol. The molecule has 0 bridgehead atoms. The summed E-state index contributed by atoms with van der Waals surface area (Å²) in [5.41, 5.74) is 1.08. The Bertz CT molecular complexity index is 366. The minimum Gasteiger partial charge on any atom is -0.377 e. The van der Waals surface area contributed by atoms with Crippen molar-refractivity contribution in [1.29, 1.82) is 5.26 Å². The molecular weight excluding hydrogens is 212 g/mol. The number of hydrogen-bond donors (Lipinski definition) is 1. The molecule has 0 saturated carbocycles. The van der Waals surface area contributed by atoms with Crippen LogP contribution in [0.15, 0.2) is 30.3 Å². The van der Waals surface area contributed by atoms with E-state index in [-0.39, 0.29) is 5.92 Å². The lowest BCUT2D eigenvalue weighted by atomic mass is 10.0. The number of benzene rings is 1. The Morgan fingerprint density at radius 3 is 2.88 bits per heavy atom. The molecule has 2 unspecified atom stereocenters. The van der Waals surface area contributed by atoms with E-state index in [1.54, 1.807) is 0 Å². The lowest BCUT2D eigenvalue weighted by Gasteiger charge is -2.13. The summed E-state index contributed by atoms with van der Waals surface area (Å²) in [6.07, 6.45) is 2.63. The van der Waals surface area contributed by atoms with Gasteiger partial charge in [0.15, 0.2) is 0 Å².